The van der Waals surface area contributed by atoms with Gasteiger partial charge in [0.25, 0.3) is 0 Å². The van der Waals surface area contributed by atoms with E-state index in [9.17, 15) is 0 Å². The van der Waals surface area contributed by atoms with Crippen LogP contribution in [0, 0.1) is 13.8 Å². The number of nitrogens with zero attached hydrogens (tertiary/aromatic N) is 4. The Morgan fingerprint density at radius 1 is 1.20 bits per heavy atom. The van der Waals surface area contributed by atoms with Gasteiger partial charge in [-0.1, -0.05) is 36.3 Å². The molecular weight excluding hydrogens is 338 g/mol. The molecule has 0 fully saturated rings. The van der Waals surface area contributed by atoms with Crippen molar-refractivity contribution < 1.29 is 4.52 Å². The number of aromatic nitrogens is 4. The Bertz CT molecular complexity index is 838. The maximum Gasteiger partial charge on any atom is 0.230 e. The Hall–Kier alpha value is -2.18. The van der Waals surface area contributed by atoms with Crippen molar-refractivity contribution in [3.8, 4) is 11.4 Å². The van der Waals surface area contributed by atoms with E-state index in [-0.39, 0.29) is 18.3 Å². The second kappa shape index (κ2) is 7.80. The highest BCUT2D eigenvalue weighted by Crippen LogP contribution is 2.25. The van der Waals surface area contributed by atoms with Crippen LogP contribution < -0.4 is 5.73 Å². The van der Waals surface area contributed by atoms with E-state index in [1.807, 2.05) is 42.9 Å². The fourth-order valence-corrected chi connectivity index (χ4v) is 2.85. The zero-order valence-corrected chi connectivity index (χ0v) is 15.8. The first-order valence-electron chi connectivity index (χ1n) is 8.11. The maximum absolute atomic E-state index is 5.63. The minimum atomic E-state index is 0. The molecule has 25 heavy (non-hydrogen) atoms. The van der Waals surface area contributed by atoms with Gasteiger partial charge in [0, 0.05) is 30.8 Å². The lowest BCUT2D eigenvalue weighted by atomic mass is 9.99. The topological polar surface area (TPSA) is 82.8 Å². The van der Waals surface area contributed by atoms with Crippen molar-refractivity contribution in [2.45, 2.75) is 39.7 Å². The predicted molar refractivity (Wildman–Crippen MR) is 99.7 cm³/mol. The molecule has 0 aliphatic heterocycles. The van der Waals surface area contributed by atoms with E-state index in [1.165, 1.54) is 11.3 Å². The minimum absolute atomic E-state index is 0. The van der Waals surface area contributed by atoms with Gasteiger partial charge in [-0.3, -0.25) is 4.68 Å². The Labute approximate surface area is 153 Å². The molecule has 0 aliphatic carbocycles. The largest absolute Gasteiger partial charge is 0.339 e. The smallest absolute Gasteiger partial charge is 0.230 e. The lowest BCUT2D eigenvalue weighted by Gasteiger charge is -2.07. The van der Waals surface area contributed by atoms with Gasteiger partial charge in [-0.25, -0.2) is 0 Å². The summed E-state index contributed by atoms with van der Waals surface area (Å²) in [7, 11) is 1.96. The monoisotopic (exact) mass is 361 g/mol. The van der Waals surface area contributed by atoms with Crippen LogP contribution in [0.3, 0.4) is 0 Å². The lowest BCUT2D eigenvalue weighted by molar-refractivity contribution is 0.358. The van der Waals surface area contributed by atoms with Crippen molar-refractivity contribution in [1.29, 1.82) is 0 Å². The normalized spacial score (nSPS) is 12.0. The van der Waals surface area contributed by atoms with Gasteiger partial charge >= 0.3 is 0 Å². The Kier molecular flexibility index (Phi) is 5.98. The number of hydrogen-bond donors (Lipinski definition) is 1. The number of halogens is 1. The number of nitrogens with two attached hydrogens (primary N) is 1. The van der Waals surface area contributed by atoms with Gasteiger partial charge < -0.3 is 10.3 Å². The van der Waals surface area contributed by atoms with Crippen LogP contribution in [0.15, 0.2) is 28.8 Å². The van der Waals surface area contributed by atoms with E-state index in [0.29, 0.717) is 18.3 Å². The molecule has 2 heterocycles. The van der Waals surface area contributed by atoms with Gasteiger partial charge in [-0.15, -0.1) is 12.4 Å². The third kappa shape index (κ3) is 3.91. The SMILES string of the molecule is Cc1nn(C)c(C)c1CC(C)c1nc(-c2ccc(CN)cc2)no1.Cl. The van der Waals surface area contributed by atoms with Crippen LogP contribution in [0.1, 0.15) is 41.2 Å². The predicted octanol–water partition coefficient (Wildman–Crippen LogP) is 3.31. The molecule has 1 aromatic carbocycles. The van der Waals surface area contributed by atoms with Crippen LogP contribution in [0.5, 0.6) is 0 Å². The zero-order valence-electron chi connectivity index (χ0n) is 15.0. The van der Waals surface area contributed by atoms with E-state index < -0.39 is 0 Å². The summed E-state index contributed by atoms with van der Waals surface area (Å²) in [5.74, 6) is 1.40. The fraction of sp³-hybridized carbons (Fsp3) is 0.389. The molecule has 6 nitrogen and oxygen atoms in total. The molecule has 1 unspecified atom stereocenters. The quantitative estimate of drug-likeness (QED) is 0.753. The van der Waals surface area contributed by atoms with Crippen LogP contribution in [0.2, 0.25) is 0 Å². The molecule has 3 rings (SSSR count). The van der Waals surface area contributed by atoms with Crippen LogP contribution in [-0.2, 0) is 20.0 Å². The molecule has 2 N–H and O–H groups in total. The summed E-state index contributed by atoms with van der Waals surface area (Å²) in [4.78, 5) is 4.56. The molecule has 0 saturated heterocycles. The van der Waals surface area contributed by atoms with Crippen LogP contribution in [0.25, 0.3) is 11.4 Å². The molecule has 3 aromatic rings. The fourth-order valence-electron chi connectivity index (χ4n) is 2.85. The molecule has 0 saturated carbocycles. The van der Waals surface area contributed by atoms with E-state index in [1.54, 1.807) is 0 Å². The molecular formula is C18H24ClN5O. The van der Waals surface area contributed by atoms with E-state index in [4.69, 9.17) is 10.3 Å². The van der Waals surface area contributed by atoms with Crippen LogP contribution >= 0.6 is 12.4 Å². The molecule has 2 aromatic heterocycles. The molecule has 0 aliphatic rings. The molecule has 0 bridgehead atoms. The molecule has 0 radical (unpaired) electrons. The van der Waals surface area contributed by atoms with Gasteiger partial charge in [0.15, 0.2) is 0 Å². The van der Waals surface area contributed by atoms with E-state index in [0.717, 1.165) is 23.2 Å². The first kappa shape index (κ1) is 19.1. The lowest BCUT2D eigenvalue weighted by Crippen LogP contribution is -2.02. The van der Waals surface area contributed by atoms with Crippen molar-refractivity contribution in [1.82, 2.24) is 19.9 Å². The molecule has 7 heteroatoms. The summed E-state index contributed by atoms with van der Waals surface area (Å²) < 4.78 is 7.40. The summed E-state index contributed by atoms with van der Waals surface area (Å²) in [6.07, 6.45) is 0.833. The van der Waals surface area contributed by atoms with E-state index in [2.05, 4.69) is 29.1 Å². The van der Waals surface area contributed by atoms with Gasteiger partial charge in [0.05, 0.1) is 5.69 Å². The number of rotatable bonds is 5. The van der Waals surface area contributed by atoms with Crippen molar-refractivity contribution in [2.24, 2.45) is 12.8 Å². The Balaban J connectivity index is 0.00000225. The number of aryl methyl sites for hydroxylation is 2. The summed E-state index contributed by atoms with van der Waals surface area (Å²) in [6.45, 7) is 6.74. The summed E-state index contributed by atoms with van der Waals surface area (Å²) in [5.41, 5.74) is 11.1. The number of hydrogen-bond acceptors (Lipinski definition) is 5. The van der Waals surface area contributed by atoms with Crippen LogP contribution in [-0.4, -0.2) is 19.9 Å². The molecule has 134 valence electrons. The van der Waals surface area contributed by atoms with Crippen molar-refractivity contribution >= 4 is 12.4 Å². The standard InChI is InChI=1S/C18H23N5O.ClH/c1-11(9-16-12(2)21-23(4)13(16)3)18-20-17(22-24-18)15-7-5-14(10-19)6-8-15;/h5-8,11H,9-10,19H2,1-4H3;1H. The minimum Gasteiger partial charge on any atom is -0.339 e. The Morgan fingerprint density at radius 3 is 2.44 bits per heavy atom. The maximum atomic E-state index is 5.63. The average Bonchev–Trinajstić information content (AvgIpc) is 3.16. The molecule has 0 spiro atoms. The van der Waals surface area contributed by atoms with Gasteiger partial charge in [0.2, 0.25) is 11.7 Å². The second-order valence-corrected chi connectivity index (χ2v) is 6.24. The summed E-state index contributed by atoms with van der Waals surface area (Å²) >= 11 is 0. The molecule has 0 amide bonds. The van der Waals surface area contributed by atoms with Crippen molar-refractivity contribution in [2.75, 3.05) is 0 Å². The molecule has 1 atom stereocenters. The highest BCUT2D eigenvalue weighted by atomic mass is 35.5. The summed E-state index contributed by atoms with van der Waals surface area (Å²) in [5, 5.41) is 8.58. The van der Waals surface area contributed by atoms with Gasteiger partial charge in [-0.05, 0) is 31.4 Å². The first-order valence-corrected chi connectivity index (χ1v) is 8.11. The van der Waals surface area contributed by atoms with E-state index >= 15 is 0 Å². The van der Waals surface area contributed by atoms with Crippen molar-refractivity contribution in [3.05, 3.63) is 52.7 Å². The number of benzene rings is 1. The van der Waals surface area contributed by atoms with Crippen molar-refractivity contribution in [3.63, 3.8) is 0 Å². The summed E-state index contributed by atoms with van der Waals surface area (Å²) in [6, 6.07) is 7.90. The highest BCUT2D eigenvalue weighted by molar-refractivity contribution is 5.85. The van der Waals surface area contributed by atoms with Crippen LogP contribution in [0.4, 0.5) is 0 Å². The Morgan fingerprint density at radius 2 is 1.88 bits per heavy atom. The third-order valence-electron chi connectivity index (χ3n) is 4.48. The van der Waals surface area contributed by atoms with Gasteiger partial charge in [-0.2, -0.15) is 10.1 Å². The second-order valence-electron chi connectivity index (χ2n) is 6.24. The van der Waals surface area contributed by atoms with Gasteiger partial charge in [0.1, 0.15) is 0 Å². The highest BCUT2D eigenvalue weighted by Gasteiger charge is 2.19. The first-order chi connectivity index (χ1) is 11.5. The third-order valence-corrected chi connectivity index (χ3v) is 4.48. The zero-order chi connectivity index (χ0) is 17.3. The average molecular weight is 362 g/mol.